The van der Waals surface area contributed by atoms with Crippen LogP contribution in [-0.2, 0) is 0 Å². The van der Waals surface area contributed by atoms with Crippen molar-refractivity contribution in [2.24, 2.45) is 11.8 Å². The summed E-state index contributed by atoms with van der Waals surface area (Å²) in [6.45, 7) is 3.10. The average molecular weight is 271 g/mol. The van der Waals surface area contributed by atoms with Crippen LogP contribution in [0.1, 0.15) is 39.0 Å². The minimum absolute atomic E-state index is 0.309. The van der Waals surface area contributed by atoms with E-state index in [1.54, 1.807) is 0 Å². The lowest BCUT2D eigenvalue weighted by Gasteiger charge is -2.26. The number of hydrogen-bond acceptors (Lipinski definition) is 2. The summed E-state index contributed by atoms with van der Waals surface area (Å²) in [6.07, 6.45) is 7.86. The topological polar surface area (TPSA) is 24.9 Å². The number of pyridine rings is 1. The molecule has 2 rings (SSSR count). The van der Waals surface area contributed by atoms with Gasteiger partial charge in [0.25, 0.3) is 0 Å². The average Bonchev–Trinajstić information content (AvgIpc) is 2.32. The molecule has 2 nitrogen and oxygen atoms in total. The van der Waals surface area contributed by atoms with Crippen LogP contribution in [-0.4, -0.2) is 11.5 Å². The molecule has 4 heteroatoms. The normalized spacial score (nSPS) is 23.9. The molecule has 18 heavy (non-hydrogen) atoms. The van der Waals surface area contributed by atoms with Crippen LogP contribution in [0.4, 0.5) is 10.2 Å². The number of aromatic nitrogens is 1. The number of anilines is 1. The highest BCUT2D eigenvalue weighted by atomic mass is 35.5. The molecular formula is C14H20ClFN2. The first-order valence-electron chi connectivity index (χ1n) is 6.70. The molecule has 0 radical (unpaired) electrons. The zero-order chi connectivity index (χ0) is 13.0. The van der Waals surface area contributed by atoms with Gasteiger partial charge in [-0.05, 0) is 30.7 Å². The molecular weight excluding hydrogens is 251 g/mol. The van der Waals surface area contributed by atoms with Gasteiger partial charge < -0.3 is 5.32 Å². The molecule has 1 saturated carbocycles. The largest absolute Gasteiger partial charge is 0.368 e. The van der Waals surface area contributed by atoms with Gasteiger partial charge in [-0.3, -0.25) is 0 Å². The van der Waals surface area contributed by atoms with E-state index in [1.165, 1.54) is 37.9 Å². The number of rotatable bonds is 4. The minimum atomic E-state index is -0.375. The van der Waals surface area contributed by atoms with Gasteiger partial charge in [0.05, 0.1) is 5.02 Å². The van der Waals surface area contributed by atoms with E-state index in [4.69, 9.17) is 11.6 Å². The van der Waals surface area contributed by atoms with Crippen molar-refractivity contribution in [3.8, 4) is 0 Å². The van der Waals surface area contributed by atoms with E-state index in [0.717, 1.165) is 24.8 Å². The fraction of sp³-hybridized carbons (Fsp3) is 0.643. The van der Waals surface area contributed by atoms with E-state index in [2.05, 4.69) is 17.2 Å². The number of nitrogens with one attached hydrogen (secondary N) is 1. The van der Waals surface area contributed by atoms with Crippen LogP contribution in [0.2, 0.25) is 5.02 Å². The summed E-state index contributed by atoms with van der Waals surface area (Å²) >= 11 is 5.66. The smallest absolute Gasteiger partial charge is 0.166 e. The van der Waals surface area contributed by atoms with Crippen molar-refractivity contribution in [2.75, 3.05) is 11.9 Å². The van der Waals surface area contributed by atoms with Crippen LogP contribution in [0.3, 0.4) is 0 Å². The molecule has 1 aliphatic rings. The Bertz CT molecular complexity index is 397. The SMILES string of the molecule is CC1CCCC(CCNc2ncc(Cl)cc2F)C1. The molecule has 0 amide bonds. The summed E-state index contributed by atoms with van der Waals surface area (Å²) in [5.41, 5.74) is 0. The van der Waals surface area contributed by atoms with Crippen LogP contribution in [0.25, 0.3) is 0 Å². The number of nitrogens with zero attached hydrogens (tertiary/aromatic N) is 1. The predicted molar refractivity (Wildman–Crippen MR) is 73.4 cm³/mol. The summed E-state index contributed by atoms with van der Waals surface area (Å²) in [5.74, 6) is 1.55. The highest BCUT2D eigenvalue weighted by Crippen LogP contribution is 2.30. The molecule has 1 heterocycles. The van der Waals surface area contributed by atoms with E-state index in [-0.39, 0.29) is 5.82 Å². The van der Waals surface area contributed by atoms with Crippen molar-refractivity contribution in [1.29, 1.82) is 0 Å². The molecule has 0 spiro atoms. The second-order valence-electron chi connectivity index (χ2n) is 5.34. The lowest BCUT2D eigenvalue weighted by Crippen LogP contribution is -2.17. The van der Waals surface area contributed by atoms with Crippen molar-refractivity contribution in [3.63, 3.8) is 0 Å². The Kier molecular flexibility index (Phi) is 4.81. The summed E-state index contributed by atoms with van der Waals surface area (Å²) in [4.78, 5) is 3.96. The zero-order valence-corrected chi connectivity index (χ0v) is 11.5. The summed E-state index contributed by atoms with van der Waals surface area (Å²) in [6, 6.07) is 1.29. The third-order valence-corrected chi connectivity index (χ3v) is 3.90. The second kappa shape index (κ2) is 6.37. The Morgan fingerprint density at radius 2 is 2.33 bits per heavy atom. The first-order valence-corrected chi connectivity index (χ1v) is 7.08. The van der Waals surface area contributed by atoms with E-state index in [0.29, 0.717) is 10.8 Å². The van der Waals surface area contributed by atoms with Gasteiger partial charge in [0.2, 0.25) is 0 Å². The van der Waals surface area contributed by atoms with Crippen molar-refractivity contribution in [3.05, 3.63) is 23.1 Å². The minimum Gasteiger partial charge on any atom is -0.368 e. The standard InChI is InChI=1S/C14H20ClFN2/c1-10-3-2-4-11(7-10)5-6-17-14-13(16)8-12(15)9-18-14/h8-11H,2-7H2,1H3,(H,17,18). The van der Waals surface area contributed by atoms with Crippen molar-refractivity contribution < 1.29 is 4.39 Å². The Balaban J connectivity index is 1.77. The van der Waals surface area contributed by atoms with Crippen LogP contribution < -0.4 is 5.32 Å². The first-order chi connectivity index (χ1) is 8.65. The predicted octanol–water partition coefficient (Wildman–Crippen LogP) is 4.50. The second-order valence-corrected chi connectivity index (χ2v) is 5.77. The molecule has 0 aromatic carbocycles. The van der Waals surface area contributed by atoms with Crippen LogP contribution in [0, 0.1) is 17.7 Å². The summed E-state index contributed by atoms with van der Waals surface area (Å²) in [5, 5.41) is 3.39. The van der Waals surface area contributed by atoms with Gasteiger partial charge in [0, 0.05) is 12.7 Å². The Labute approximate surface area is 113 Å². The molecule has 2 atom stereocenters. The number of hydrogen-bond donors (Lipinski definition) is 1. The molecule has 1 aromatic heterocycles. The lowest BCUT2D eigenvalue weighted by atomic mass is 9.81. The molecule has 1 N–H and O–H groups in total. The molecule has 0 saturated heterocycles. The maximum absolute atomic E-state index is 13.5. The van der Waals surface area contributed by atoms with Gasteiger partial charge in [-0.25, -0.2) is 9.37 Å². The van der Waals surface area contributed by atoms with E-state index in [9.17, 15) is 4.39 Å². The maximum Gasteiger partial charge on any atom is 0.166 e. The fourth-order valence-corrected chi connectivity index (χ4v) is 2.91. The molecule has 1 fully saturated rings. The Morgan fingerprint density at radius 1 is 1.50 bits per heavy atom. The molecule has 100 valence electrons. The van der Waals surface area contributed by atoms with Gasteiger partial charge in [0.15, 0.2) is 11.6 Å². The summed E-state index contributed by atoms with van der Waals surface area (Å²) in [7, 11) is 0. The third kappa shape index (κ3) is 3.84. The molecule has 0 bridgehead atoms. The maximum atomic E-state index is 13.5. The van der Waals surface area contributed by atoms with Gasteiger partial charge >= 0.3 is 0 Å². The zero-order valence-electron chi connectivity index (χ0n) is 10.8. The van der Waals surface area contributed by atoms with Crippen molar-refractivity contribution in [2.45, 2.75) is 39.0 Å². The van der Waals surface area contributed by atoms with Gasteiger partial charge in [-0.2, -0.15) is 0 Å². The highest BCUT2D eigenvalue weighted by Gasteiger charge is 2.18. The Hall–Kier alpha value is -0.830. The van der Waals surface area contributed by atoms with Gasteiger partial charge in [-0.1, -0.05) is 37.8 Å². The van der Waals surface area contributed by atoms with E-state index in [1.807, 2.05) is 0 Å². The van der Waals surface area contributed by atoms with Gasteiger partial charge in [0.1, 0.15) is 0 Å². The Morgan fingerprint density at radius 3 is 3.06 bits per heavy atom. The van der Waals surface area contributed by atoms with Crippen LogP contribution in [0.15, 0.2) is 12.3 Å². The summed E-state index contributed by atoms with van der Waals surface area (Å²) < 4.78 is 13.5. The first kappa shape index (κ1) is 13.6. The van der Waals surface area contributed by atoms with Crippen molar-refractivity contribution in [1.82, 2.24) is 4.98 Å². The molecule has 1 aromatic rings. The monoisotopic (exact) mass is 270 g/mol. The quantitative estimate of drug-likeness (QED) is 0.871. The highest BCUT2D eigenvalue weighted by molar-refractivity contribution is 6.30. The molecule has 0 aliphatic heterocycles. The van der Waals surface area contributed by atoms with E-state index >= 15 is 0 Å². The van der Waals surface area contributed by atoms with Crippen LogP contribution in [0.5, 0.6) is 0 Å². The third-order valence-electron chi connectivity index (χ3n) is 3.70. The molecule has 1 aliphatic carbocycles. The fourth-order valence-electron chi connectivity index (χ4n) is 2.76. The van der Waals surface area contributed by atoms with E-state index < -0.39 is 0 Å². The van der Waals surface area contributed by atoms with Crippen molar-refractivity contribution >= 4 is 17.4 Å². The number of halogens is 2. The lowest BCUT2D eigenvalue weighted by molar-refractivity contribution is 0.274. The molecule has 2 unspecified atom stereocenters. The van der Waals surface area contributed by atoms with Gasteiger partial charge in [-0.15, -0.1) is 0 Å². The van der Waals surface area contributed by atoms with Crippen LogP contribution >= 0.6 is 11.6 Å².